The van der Waals surface area contributed by atoms with Gasteiger partial charge in [-0.15, -0.1) is 0 Å². The van der Waals surface area contributed by atoms with E-state index in [1.807, 2.05) is 18.3 Å². The summed E-state index contributed by atoms with van der Waals surface area (Å²) in [5.74, 6) is 0.955. The minimum absolute atomic E-state index is 0.129. The number of aliphatic hydroxyl groups is 1. The van der Waals surface area contributed by atoms with E-state index >= 15 is 0 Å². The number of pyridine rings is 1. The summed E-state index contributed by atoms with van der Waals surface area (Å²) in [6.07, 6.45) is 3.53. The molecule has 0 spiro atoms. The Morgan fingerprint density at radius 2 is 2.30 bits per heavy atom. The van der Waals surface area contributed by atoms with Crippen LogP contribution in [0.1, 0.15) is 32.1 Å². The second kappa shape index (κ2) is 5.50. The maximum Gasteiger partial charge on any atom is 0.160 e. The van der Waals surface area contributed by atoms with Gasteiger partial charge in [0.05, 0.1) is 12.6 Å². The van der Waals surface area contributed by atoms with Crippen molar-refractivity contribution in [2.45, 2.75) is 38.8 Å². The Kier molecular flexibility index (Phi) is 3.72. The molecule has 1 aliphatic heterocycles. The monoisotopic (exact) mass is 274 g/mol. The molecule has 1 unspecified atom stereocenters. The van der Waals surface area contributed by atoms with Crippen LogP contribution in [-0.4, -0.2) is 50.3 Å². The van der Waals surface area contributed by atoms with Gasteiger partial charge in [-0.1, -0.05) is 0 Å². The maximum atomic E-state index is 9.27. The minimum Gasteiger partial charge on any atom is -0.396 e. The van der Waals surface area contributed by atoms with Gasteiger partial charge in [-0.25, -0.2) is 9.97 Å². The van der Waals surface area contributed by atoms with Crippen molar-refractivity contribution < 1.29 is 5.11 Å². The van der Waals surface area contributed by atoms with Gasteiger partial charge in [0, 0.05) is 31.7 Å². The molecule has 0 aliphatic carbocycles. The predicted molar refractivity (Wildman–Crippen MR) is 78.7 cm³/mol. The molecule has 108 valence electrons. The lowest BCUT2D eigenvalue weighted by Crippen LogP contribution is -2.29. The van der Waals surface area contributed by atoms with E-state index in [1.165, 1.54) is 0 Å². The number of imidazole rings is 1. The van der Waals surface area contributed by atoms with Crippen LogP contribution in [0.4, 0.5) is 0 Å². The van der Waals surface area contributed by atoms with Gasteiger partial charge in [0.25, 0.3) is 0 Å². The van der Waals surface area contributed by atoms with E-state index in [0.29, 0.717) is 18.5 Å². The van der Waals surface area contributed by atoms with Gasteiger partial charge in [0.15, 0.2) is 5.65 Å². The SMILES string of the molecule is CC(C)N1CCC(n2c(CCO)nc3cccnc32)C1. The second-order valence-corrected chi connectivity index (χ2v) is 5.75. The molecule has 0 radical (unpaired) electrons. The molecule has 0 amide bonds. The van der Waals surface area contributed by atoms with Crippen molar-refractivity contribution >= 4 is 11.2 Å². The fraction of sp³-hybridized carbons (Fsp3) is 0.600. The molecule has 0 aromatic carbocycles. The van der Waals surface area contributed by atoms with Gasteiger partial charge in [0.2, 0.25) is 0 Å². The predicted octanol–water partition coefficient (Wildman–Crippen LogP) is 1.62. The van der Waals surface area contributed by atoms with Crippen LogP contribution >= 0.6 is 0 Å². The molecule has 1 N–H and O–H groups in total. The molecular weight excluding hydrogens is 252 g/mol. The third kappa shape index (κ3) is 2.31. The summed E-state index contributed by atoms with van der Waals surface area (Å²) in [6, 6.07) is 4.90. The molecule has 1 fully saturated rings. The standard InChI is InChI=1S/C15H22N4O/c1-11(2)18-8-5-12(10-18)19-14(6-9-20)17-13-4-3-7-16-15(13)19/h3-4,7,11-12,20H,5-6,8-10H2,1-2H3. The molecule has 1 aliphatic rings. The number of aromatic nitrogens is 3. The van der Waals surface area contributed by atoms with Gasteiger partial charge in [-0.05, 0) is 32.4 Å². The number of nitrogens with zero attached hydrogens (tertiary/aromatic N) is 4. The van der Waals surface area contributed by atoms with Gasteiger partial charge in [-0.2, -0.15) is 0 Å². The number of rotatable bonds is 4. The zero-order chi connectivity index (χ0) is 14.1. The van der Waals surface area contributed by atoms with E-state index in [2.05, 4.69) is 33.3 Å². The van der Waals surface area contributed by atoms with E-state index in [9.17, 15) is 5.11 Å². The number of likely N-dealkylation sites (tertiary alicyclic amines) is 1. The third-order valence-corrected chi connectivity index (χ3v) is 4.15. The van der Waals surface area contributed by atoms with Crippen LogP contribution < -0.4 is 0 Å². The second-order valence-electron chi connectivity index (χ2n) is 5.75. The van der Waals surface area contributed by atoms with Crippen molar-refractivity contribution in [3.63, 3.8) is 0 Å². The highest BCUT2D eigenvalue weighted by Gasteiger charge is 2.28. The summed E-state index contributed by atoms with van der Waals surface area (Å²) in [7, 11) is 0. The highest BCUT2D eigenvalue weighted by molar-refractivity contribution is 5.71. The van der Waals surface area contributed by atoms with E-state index in [-0.39, 0.29) is 6.61 Å². The summed E-state index contributed by atoms with van der Waals surface area (Å²) in [6.45, 7) is 6.76. The van der Waals surface area contributed by atoms with E-state index in [0.717, 1.165) is 36.5 Å². The summed E-state index contributed by atoms with van der Waals surface area (Å²) < 4.78 is 2.24. The summed E-state index contributed by atoms with van der Waals surface area (Å²) in [5.41, 5.74) is 1.88. The smallest absolute Gasteiger partial charge is 0.160 e. The lowest BCUT2D eigenvalue weighted by Gasteiger charge is -2.21. The molecular formula is C15H22N4O. The third-order valence-electron chi connectivity index (χ3n) is 4.15. The van der Waals surface area contributed by atoms with Crippen LogP contribution in [0.3, 0.4) is 0 Å². The van der Waals surface area contributed by atoms with Crippen LogP contribution in [0.2, 0.25) is 0 Å². The highest BCUT2D eigenvalue weighted by Crippen LogP contribution is 2.28. The fourth-order valence-corrected chi connectivity index (χ4v) is 3.08. The molecule has 3 rings (SSSR count). The van der Waals surface area contributed by atoms with Crippen molar-refractivity contribution in [1.29, 1.82) is 0 Å². The average molecular weight is 274 g/mol. The zero-order valence-electron chi connectivity index (χ0n) is 12.2. The number of hydrogen-bond donors (Lipinski definition) is 1. The van der Waals surface area contributed by atoms with Crippen molar-refractivity contribution in [2.75, 3.05) is 19.7 Å². The van der Waals surface area contributed by atoms with E-state index < -0.39 is 0 Å². The lowest BCUT2D eigenvalue weighted by atomic mass is 10.2. The van der Waals surface area contributed by atoms with E-state index in [1.54, 1.807) is 0 Å². The van der Waals surface area contributed by atoms with E-state index in [4.69, 9.17) is 0 Å². The first-order valence-electron chi connectivity index (χ1n) is 7.37. The number of aliphatic hydroxyl groups excluding tert-OH is 1. The van der Waals surface area contributed by atoms with Crippen LogP contribution in [0.5, 0.6) is 0 Å². The first-order valence-corrected chi connectivity index (χ1v) is 7.37. The summed E-state index contributed by atoms with van der Waals surface area (Å²) >= 11 is 0. The van der Waals surface area contributed by atoms with Gasteiger partial charge in [-0.3, -0.25) is 4.90 Å². The van der Waals surface area contributed by atoms with Crippen molar-refractivity contribution in [1.82, 2.24) is 19.4 Å². The van der Waals surface area contributed by atoms with Crippen LogP contribution in [0, 0.1) is 0 Å². The largest absolute Gasteiger partial charge is 0.396 e. The minimum atomic E-state index is 0.129. The fourth-order valence-electron chi connectivity index (χ4n) is 3.08. The Morgan fingerprint density at radius 1 is 1.45 bits per heavy atom. The lowest BCUT2D eigenvalue weighted by molar-refractivity contribution is 0.263. The molecule has 20 heavy (non-hydrogen) atoms. The molecule has 5 nitrogen and oxygen atoms in total. The molecule has 0 saturated carbocycles. The van der Waals surface area contributed by atoms with Gasteiger partial charge in [0.1, 0.15) is 11.3 Å². The molecule has 3 heterocycles. The summed E-state index contributed by atoms with van der Waals surface area (Å²) in [4.78, 5) is 11.6. The highest BCUT2D eigenvalue weighted by atomic mass is 16.3. The Hall–Kier alpha value is -1.46. The maximum absolute atomic E-state index is 9.27. The molecule has 2 aromatic heterocycles. The van der Waals surface area contributed by atoms with Crippen molar-refractivity contribution in [3.8, 4) is 0 Å². The average Bonchev–Trinajstić information content (AvgIpc) is 3.02. The zero-order valence-corrected chi connectivity index (χ0v) is 12.2. The normalized spacial score (nSPS) is 20.3. The first kappa shape index (κ1) is 13.5. The Morgan fingerprint density at radius 3 is 3.00 bits per heavy atom. The number of fused-ring (bicyclic) bond motifs is 1. The van der Waals surface area contributed by atoms with Crippen LogP contribution in [0.15, 0.2) is 18.3 Å². The first-order chi connectivity index (χ1) is 9.70. The molecule has 1 saturated heterocycles. The van der Waals surface area contributed by atoms with Crippen molar-refractivity contribution in [2.24, 2.45) is 0 Å². The van der Waals surface area contributed by atoms with Gasteiger partial charge < -0.3 is 9.67 Å². The van der Waals surface area contributed by atoms with Crippen LogP contribution in [-0.2, 0) is 6.42 Å². The summed E-state index contributed by atoms with van der Waals surface area (Å²) in [5, 5.41) is 9.27. The van der Waals surface area contributed by atoms with Crippen molar-refractivity contribution in [3.05, 3.63) is 24.2 Å². The Labute approximate surface area is 119 Å². The quantitative estimate of drug-likeness (QED) is 0.920. The molecule has 2 aromatic rings. The molecule has 5 heteroatoms. The topological polar surface area (TPSA) is 54.2 Å². The van der Waals surface area contributed by atoms with Crippen LogP contribution in [0.25, 0.3) is 11.2 Å². The molecule has 1 atom stereocenters. The number of hydrogen-bond acceptors (Lipinski definition) is 4. The molecule has 0 bridgehead atoms. The van der Waals surface area contributed by atoms with Gasteiger partial charge >= 0.3 is 0 Å². The Bertz CT molecular complexity index is 593. The Balaban J connectivity index is 1.99.